The first-order chi connectivity index (χ1) is 11.1. The van der Waals surface area contributed by atoms with E-state index in [0.717, 1.165) is 10.5 Å². The molecule has 0 bridgehead atoms. The van der Waals surface area contributed by atoms with E-state index in [-0.39, 0.29) is 0 Å². The number of nitrogens with two attached hydrogens (primary N) is 1. The highest BCUT2D eigenvalue weighted by molar-refractivity contribution is 7.99. The van der Waals surface area contributed by atoms with Crippen LogP contribution in [0.25, 0.3) is 0 Å². The summed E-state index contributed by atoms with van der Waals surface area (Å²) in [5.41, 5.74) is 7.33. The number of aliphatic hydroxyl groups excluding tert-OH is 1. The molecule has 2 unspecified atom stereocenters. The molecule has 0 spiro atoms. The van der Waals surface area contributed by atoms with Crippen molar-refractivity contribution in [3.8, 4) is 5.75 Å². The first kappa shape index (κ1) is 17.2. The van der Waals surface area contributed by atoms with Crippen molar-refractivity contribution in [2.75, 3.05) is 20.0 Å². The van der Waals surface area contributed by atoms with Crippen molar-refractivity contribution in [1.82, 2.24) is 0 Å². The van der Waals surface area contributed by atoms with Crippen LogP contribution in [0.5, 0.6) is 5.75 Å². The van der Waals surface area contributed by atoms with Crippen LogP contribution in [0.3, 0.4) is 0 Å². The van der Waals surface area contributed by atoms with Crippen molar-refractivity contribution in [3.63, 3.8) is 0 Å². The van der Waals surface area contributed by atoms with Crippen LogP contribution in [0.1, 0.15) is 10.8 Å². The third-order valence-corrected chi connectivity index (χ3v) is 4.76. The summed E-state index contributed by atoms with van der Waals surface area (Å²) in [7, 11) is 2.83. The van der Waals surface area contributed by atoms with E-state index in [1.165, 1.54) is 18.9 Å². The number of para-hydroxylation sites is 1. The highest BCUT2D eigenvalue weighted by atomic mass is 32.2. The maximum Gasteiger partial charge on any atom is 0.336 e. The molecule has 23 heavy (non-hydrogen) atoms. The molecule has 0 aromatic heterocycles. The third-order valence-electron chi connectivity index (χ3n) is 3.35. The Hall–Kier alpha value is -2.18. The Morgan fingerprint density at radius 3 is 2.35 bits per heavy atom. The van der Waals surface area contributed by atoms with Crippen LogP contribution in [-0.2, 0) is 9.53 Å². The summed E-state index contributed by atoms with van der Waals surface area (Å²) in [6.45, 7) is 0. The molecular weight excluding hydrogens is 314 g/mol. The van der Waals surface area contributed by atoms with Crippen molar-refractivity contribution >= 4 is 23.4 Å². The van der Waals surface area contributed by atoms with E-state index in [4.69, 9.17) is 10.5 Å². The first-order valence-electron chi connectivity index (χ1n) is 6.97. The number of carbonyl (C=O) groups is 1. The topological polar surface area (TPSA) is 81.8 Å². The van der Waals surface area contributed by atoms with E-state index in [2.05, 4.69) is 4.74 Å². The zero-order chi connectivity index (χ0) is 16.8. The Kier molecular flexibility index (Phi) is 5.90. The number of methoxy groups -OCH3 is 2. The van der Waals surface area contributed by atoms with Crippen LogP contribution in [0.4, 0.5) is 5.69 Å². The summed E-state index contributed by atoms with van der Waals surface area (Å²) in [5, 5.41) is 9.80. The summed E-state index contributed by atoms with van der Waals surface area (Å²) < 4.78 is 9.80. The average Bonchev–Trinajstić information content (AvgIpc) is 2.60. The molecule has 0 aliphatic rings. The van der Waals surface area contributed by atoms with Crippen LogP contribution >= 0.6 is 11.8 Å². The van der Waals surface area contributed by atoms with Gasteiger partial charge >= 0.3 is 5.97 Å². The summed E-state index contributed by atoms with van der Waals surface area (Å²) in [6.07, 6.45) is -1.31. The number of rotatable bonds is 6. The van der Waals surface area contributed by atoms with Crippen LogP contribution < -0.4 is 10.5 Å². The average molecular weight is 333 g/mol. The van der Waals surface area contributed by atoms with Gasteiger partial charge in [-0.2, -0.15) is 0 Å². The molecule has 6 heteroatoms. The summed E-state index contributed by atoms with van der Waals surface area (Å²) >= 11 is 1.32. The maximum atomic E-state index is 11.8. The van der Waals surface area contributed by atoms with Gasteiger partial charge < -0.3 is 20.3 Å². The molecule has 3 N–H and O–H groups in total. The van der Waals surface area contributed by atoms with Crippen LogP contribution in [0.15, 0.2) is 53.4 Å². The lowest BCUT2D eigenvalue weighted by atomic mass is 10.1. The van der Waals surface area contributed by atoms with Crippen molar-refractivity contribution in [3.05, 3.63) is 54.1 Å². The molecule has 0 fully saturated rings. The third kappa shape index (κ3) is 4.18. The van der Waals surface area contributed by atoms with E-state index < -0.39 is 17.3 Å². The molecule has 0 saturated heterocycles. The summed E-state index contributed by atoms with van der Waals surface area (Å²) in [6, 6.07) is 14.5. The number of ether oxygens (including phenoxy) is 2. The lowest BCUT2D eigenvalue weighted by molar-refractivity contribution is -0.150. The van der Waals surface area contributed by atoms with Gasteiger partial charge in [-0.1, -0.05) is 24.3 Å². The zero-order valence-electron chi connectivity index (χ0n) is 12.9. The molecular formula is C17H19NO4S. The minimum atomic E-state index is -1.31. The molecule has 0 radical (unpaired) electrons. The number of thioether (sulfide) groups is 1. The van der Waals surface area contributed by atoms with Crippen LogP contribution in [0, 0.1) is 0 Å². The largest absolute Gasteiger partial charge is 0.497 e. The van der Waals surface area contributed by atoms with E-state index in [1.54, 1.807) is 25.3 Å². The van der Waals surface area contributed by atoms with Gasteiger partial charge in [-0.25, -0.2) is 4.79 Å². The Morgan fingerprint density at radius 1 is 1.13 bits per heavy atom. The van der Waals surface area contributed by atoms with Gasteiger partial charge in [0.05, 0.1) is 19.5 Å². The fourth-order valence-electron chi connectivity index (χ4n) is 2.08. The van der Waals surface area contributed by atoms with Crippen LogP contribution in [0.2, 0.25) is 0 Å². The van der Waals surface area contributed by atoms with Crippen molar-refractivity contribution in [1.29, 1.82) is 0 Å². The second-order valence-corrected chi connectivity index (χ2v) is 6.00. The first-order valence-corrected chi connectivity index (χ1v) is 7.85. The summed E-state index contributed by atoms with van der Waals surface area (Å²) in [4.78, 5) is 12.6. The number of hydrogen-bond acceptors (Lipinski definition) is 6. The molecule has 2 rings (SSSR count). The van der Waals surface area contributed by atoms with E-state index in [0.29, 0.717) is 11.4 Å². The van der Waals surface area contributed by atoms with E-state index >= 15 is 0 Å². The Labute approximate surface area is 139 Å². The number of hydrogen-bond donors (Lipinski definition) is 2. The van der Waals surface area contributed by atoms with Crippen molar-refractivity contribution in [2.24, 2.45) is 0 Å². The molecule has 5 nitrogen and oxygen atoms in total. The highest BCUT2D eigenvalue weighted by Crippen LogP contribution is 2.40. The maximum absolute atomic E-state index is 11.8. The molecule has 2 aromatic carbocycles. The molecule has 0 aliphatic carbocycles. The Balaban J connectivity index is 2.34. The fourth-order valence-corrected chi connectivity index (χ4v) is 3.25. The van der Waals surface area contributed by atoms with Crippen LogP contribution in [-0.4, -0.2) is 31.4 Å². The number of carbonyl (C=O) groups excluding carboxylic acids is 1. The molecule has 0 amide bonds. The van der Waals surface area contributed by atoms with Gasteiger partial charge in [-0.05, 0) is 29.8 Å². The lowest BCUT2D eigenvalue weighted by Gasteiger charge is -2.22. The van der Waals surface area contributed by atoms with Gasteiger partial charge in [0.2, 0.25) is 0 Å². The van der Waals surface area contributed by atoms with Crippen molar-refractivity contribution < 1.29 is 19.4 Å². The fraction of sp³-hybridized carbons (Fsp3) is 0.235. The van der Waals surface area contributed by atoms with Gasteiger partial charge in [-0.15, -0.1) is 11.8 Å². The molecule has 0 aliphatic heterocycles. The second kappa shape index (κ2) is 7.89. The highest BCUT2D eigenvalue weighted by Gasteiger charge is 2.30. The molecule has 122 valence electrons. The molecule has 0 heterocycles. The SMILES string of the molecule is COC(=O)C(O)C(Sc1ccccc1N)c1ccc(OC)cc1. The van der Waals surface area contributed by atoms with Gasteiger partial charge in [-0.3, -0.25) is 0 Å². The number of nitrogen functional groups attached to an aromatic ring is 1. The van der Waals surface area contributed by atoms with Gasteiger partial charge in [0.15, 0.2) is 6.10 Å². The number of aliphatic hydroxyl groups is 1. The monoisotopic (exact) mass is 333 g/mol. The zero-order valence-corrected chi connectivity index (χ0v) is 13.7. The molecule has 0 saturated carbocycles. The normalized spacial score (nSPS) is 13.2. The van der Waals surface area contributed by atoms with E-state index in [9.17, 15) is 9.90 Å². The Bertz CT molecular complexity index is 660. The van der Waals surface area contributed by atoms with Gasteiger partial charge in [0, 0.05) is 10.6 Å². The standard InChI is InChI=1S/C17H19NO4S/c1-21-12-9-7-11(8-10-12)16(15(19)17(20)22-2)23-14-6-4-3-5-13(14)18/h3-10,15-16,19H,18H2,1-2H3. The van der Waals surface area contributed by atoms with E-state index in [1.807, 2.05) is 30.3 Å². The predicted molar refractivity (Wildman–Crippen MR) is 90.5 cm³/mol. The minimum Gasteiger partial charge on any atom is -0.497 e. The predicted octanol–water partition coefficient (Wildman–Crippen LogP) is 2.64. The number of benzene rings is 2. The van der Waals surface area contributed by atoms with Gasteiger partial charge in [0.1, 0.15) is 5.75 Å². The minimum absolute atomic E-state index is 0.543. The number of anilines is 1. The smallest absolute Gasteiger partial charge is 0.336 e. The molecule has 2 aromatic rings. The quantitative estimate of drug-likeness (QED) is 0.480. The molecule has 2 atom stereocenters. The second-order valence-electron chi connectivity index (χ2n) is 4.82. The van der Waals surface area contributed by atoms with Crippen molar-refractivity contribution in [2.45, 2.75) is 16.2 Å². The summed E-state index contributed by atoms with van der Waals surface area (Å²) in [5.74, 6) is 0.0112. The Morgan fingerprint density at radius 2 is 1.78 bits per heavy atom. The number of esters is 1. The van der Waals surface area contributed by atoms with Gasteiger partial charge in [0.25, 0.3) is 0 Å². The lowest BCUT2D eigenvalue weighted by Crippen LogP contribution is -2.27.